The summed E-state index contributed by atoms with van der Waals surface area (Å²) in [5, 5.41) is 11.6. The minimum Gasteiger partial charge on any atom is -0.480 e. The highest BCUT2D eigenvalue weighted by Gasteiger charge is 2.33. The molecule has 2 atom stereocenters. The second-order valence-electron chi connectivity index (χ2n) is 7.68. The summed E-state index contributed by atoms with van der Waals surface area (Å²) in [5.41, 5.74) is 4.32. The molecule has 2 aromatic carbocycles. The molecule has 172 valence electrons. The Hall–Kier alpha value is -3.83. The SMILES string of the molecule is C#CCN(CC(=O)O)C(=O)C(NC(=O)OCC1c2ccccc2-c2ccccc21)C(C)OC. The number of carbonyl (C=O) groups is 3. The fraction of sp³-hybridized carbons (Fsp3) is 0.320. The Labute approximate surface area is 192 Å². The highest BCUT2D eigenvalue weighted by molar-refractivity contribution is 5.89. The lowest BCUT2D eigenvalue weighted by Gasteiger charge is -2.28. The molecule has 2 unspecified atom stereocenters. The van der Waals surface area contributed by atoms with Crippen LogP contribution >= 0.6 is 0 Å². The van der Waals surface area contributed by atoms with Crippen LogP contribution in [0.4, 0.5) is 4.79 Å². The van der Waals surface area contributed by atoms with Gasteiger partial charge in [-0.15, -0.1) is 6.42 Å². The van der Waals surface area contributed by atoms with Gasteiger partial charge in [-0.3, -0.25) is 9.59 Å². The van der Waals surface area contributed by atoms with Crippen LogP contribution in [-0.4, -0.2) is 66.9 Å². The number of ether oxygens (including phenoxy) is 2. The number of carboxylic acids is 1. The third-order valence-electron chi connectivity index (χ3n) is 5.64. The number of methoxy groups -OCH3 is 1. The Balaban J connectivity index is 1.72. The molecule has 2 amide bonds. The van der Waals surface area contributed by atoms with Crippen molar-refractivity contribution in [1.29, 1.82) is 0 Å². The second-order valence-corrected chi connectivity index (χ2v) is 7.68. The van der Waals surface area contributed by atoms with Gasteiger partial charge in [0.1, 0.15) is 19.2 Å². The first-order valence-corrected chi connectivity index (χ1v) is 10.5. The number of nitrogens with one attached hydrogen (secondary N) is 1. The highest BCUT2D eigenvalue weighted by atomic mass is 16.5. The molecule has 33 heavy (non-hydrogen) atoms. The molecule has 0 radical (unpaired) electrons. The van der Waals surface area contributed by atoms with E-state index < -0.39 is 36.7 Å². The minimum atomic E-state index is -1.22. The van der Waals surface area contributed by atoms with Crippen molar-refractivity contribution >= 4 is 18.0 Å². The first-order valence-electron chi connectivity index (χ1n) is 10.5. The summed E-state index contributed by atoms with van der Waals surface area (Å²) in [6, 6.07) is 14.7. The van der Waals surface area contributed by atoms with Gasteiger partial charge in [-0.1, -0.05) is 54.5 Å². The first-order chi connectivity index (χ1) is 15.9. The quantitative estimate of drug-likeness (QED) is 0.569. The summed E-state index contributed by atoms with van der Waals surface area (Å²) in [4.78, 5) is 37.6. The molecule has 2 N–H and O–H groups in total. The summed E-state index contributed by atoms with van der Waals surface area (Å²) in [6.45, 7) is 0.846. The van der Waals surface area contributed by atoms with Crippen LogP contribution in [0.25, 0.3) is 11.1 Å². The van der Waals surface area contributed by atoms with E-state index in [1.54, 1.807) is 6.92 Å². The number of fused-ring (bicyclic) bond motifs is 3. The summed E-state index contributed by atoms with van der Waals surface area (Å²) in [7, 11) is 1.38. The number of amides is 2. The average Bonchev–Trinajstić information content (AvgIpc) is 3.13. The molecule has 0 aliphatic heterocycles. The molecule has 0 fully saturated rings. The summed E-state index contributed by atoms with van der Waals surface area (Å²) < 4.78 is 10.7. The molecular weight excluding hydrogens is 424 g/mol. The van der Waals surface area contributed by atoms with E-state index >= 15 is 0 Å². The van der Waals surface area contributed by atoms with Gasteiger partial charge in [0.05, 0.1) is 12.6 Å². The van der Waals surface area contributed by atoms with Crippen LogP contribution in [0.15, 0.2) is 48.5 Å². The van der Waals surface area contributed by atoms with Gasteiger partial charge in [0.2, 0.25) is 5.91 Å². The van der Waals surface area contributed by atoms with Crippen molar-refractivity contribution in [3.63, 3.8) is 0 Å². The van der Waals surface area contributed by atoms with Gasteiger partial charge in [-0.05, 0) is 29.2 Å². The van der Waals surface area contributed by atoms with E-state index in [1.807, 2.05) is 48.5 Å². The van der Waals surface area contributed by atoms with Gasteiger partial charge < -0.3 is 24.8 Å². The van der Waals surface area contributed by atoms with Crippen molar-refractivity contribution in [2.75, 3.05) is 26.8 Å². The number of terminal acetylenes is 1. The van der Waals surface area contributed by atoms with Crippen LogP contribution in [0.1, 0.15) is 24.0 Å². The number of aliphatic carboxylic acids is 1. The van der Waals surface area contributed by atoms with Crippen LogP contribution in [-0.2, 0) is 19.1 Å². The minimum absolute atomic E-state index is 0.0747. The zero-order valence-electron chi connectivity index (χ0n) is 18.5. The zero-order valence-corrected chi connectivity index (χ0v) is 18.5. The Morgan fingerprint density at radius 2 is 1.70 bits per heavy atom. The van der Waals surface area contributed by atoms with Crippen molar-refractivity contribution < 1.29 is 29.0 Å². The molecule has 0 saturated carbocycles. The van der Waals surface area contributed by atoms with Crippen LogP contribution in [0.5, 0.6) is 0 Å². The second kappa shape index (κ2) is 10.7. The van der Waals surface area contributed by atoms with E-state index in [-0.39, 0.29) is 19.1 Å². The van der Waals surface area contributed by atoms with Gasteiger partial charge in [0, 0.05) is 13.0 Å². The number of benzene rings is 2. The van der Waals surface area contributed by atoms with Crippen LogP contribution < -0.4 is 5.32 Å². The molecule has 1 aliphatic carbocycles. The molecular formula is C25H26N2O6. The third kappa shape index (κ3) is 5.33. The summed E-state index contributed by atoms with van der Waals surface area (Å²) in [6.07, 6.45) is 3.71. The molecule has 0 spiro atoms. The number of rotatable bonds is 9. The fourth-order valence-electron chi connectivity index (χ4n) is 3.96. The number of hydrogen-bond donors (Lipinski definition) is 2. The monoisotopic (exact) mass is 450 g/mol. The van der Waals surface area contributed by atoms with E-state index in [4.69, 9.17) is 21.0 Å². The van der Waals surface area contributed by atoms with Crippen molar-refractivity contribution in [2.45, 2.75) is 25.0 Å². The lowest BCUT2D eigenvalue weighted by atomic mass is 9.98. The first kappa shape index (κ1) is 23.8. The summed E-state index contributed by atoms with van der Waals surface area (Å²) in [5.74, 6) is 0.233. The predicted molar refractivity (Wildman–Crippen MR) is 122 cm³/mol. The topological polar surface area (TPSA) is 105 Å². The molecule has 0 saturated heterocycles. The van der Waals surface area contributed by atoms with Gasteiger partial charge in [-0.25, -0.2) is 4.79 Å². The Kier molecular flexibility index (Phi) is 7.70. The zero-order chi connectivity index (χ0) is 24.0. The standard InChI is InChI=1S/C25H26N2O6/c1-4-13-27(14-22(28)29)24(30)23(16(2)32-3)26-25(31)33-15-21-19-11-7-5-9-17(19)18-10-6-8-12-20(18)21/h1,5-12,16,21,23H,13-15H2,2-3H3,(H,26,31)(H,28,29). The summed E-state index contributed by atoms with van der Waals surface area (Å²) >= 11 is 0. The van der Waals surface area contributed by atoms with Crippen LogP contribution in [0.3, 0.4) is 0 Å². The van der Waals surface area contributed by atoms with Crippen molar-refractivity contribution in [3.8, 4) is 23.5 Å². The molecule has 8 nitrogen and oxygen atoms in total. The van der Waals surface area contributed by atoms with E-state index in [1.165, 1.54) is 7.11 Å². The number of hydrogen-bond acceptors (Lipinski definition) is 5. The highest BCUT2D eigenvalue weighted by Crippen LogP contribution is 2.44. The lowest BCUT2D eigenvalue weighted by molar-refractivity contribution is -0.146. The van der Waals surface area contributed by atoms with Crippen molar-refractivity contribution in [2.24, 2.45) is 0 Å². The van der Waals surface area contributed by atoms with Gasteiger partial charge >= 0.3 is 12.1 Å². The predicted octanol–water partition coefficient (Wildman–Crippen LogP) is 2.48. The third-order valence-corrected chi connectivity index (χ3v) is 5.64. The Bertz CT molecular complexity index is 1030. The number of alkyl carbamates (subject to hydrolysis) is 1. The smallest absolute Gasteiger partial charge is 0.407 e. The molecule has 2 aromatic rings. The number of carbonyl (C=O) groups excluding carboxylic acids is 2. The van der Waals surface area contributed by atoms with Crippen LogP contribution in [0.2, 0.25) is 0 Å². The number of carboxylic acid groups (broad SMARTS) is 1. The molecule has 0 aromatic heterocycles. The van der Waals surface area contributed by atoms with E-state index in [0.29, 0.717) is 0 Å². The number of nitrogens with zero attached hydrogens (tertiary/aromatic N) is 1. The normalized spacial score (nSPS) is 13.7. The Morgan fingerprint density at radius 3 is 2.21 bits per heavy atom. The maximum Gasteiger partial charge on any atom is 0.407 e. The van der Waals surface area contributed by atoms with Crippen molar-refractivity contribution in [3.05, 3.63) is 59.7 Å². The van der Waals surface area contributed by atoms with Gasteiger partial charge in [0.15, 0.2) is 0 Å². The van der Waals surface area contributed by atoms with Crippen molar-refractivity contribution in [1.82, 2.24) is 10.2 Å². The van der Waals surface area contributed by atoms with E-state index in [0.717, 1.165) is 27.2 Å². The molecule has 1 aliphatic rings. The van der Waals surface area contributed by atoms with Gasteiger partial charge in [0.25, 0.3) is 0 Å². The lowest BCUT2D eigenvalue weighted by Crippen LogP contribution is -2.55. The molecule has 3 rings (SSSR count). The fourth-order valence-corrected chi connectivity index (χ4v) is 3.96. The largest absolute Gasteiger partial charge is 0.480 e. The maximum absolute atomic E-state index is 12.9. The van der Waals surface area contributed by atoms with E-state index in [9.17, 15) is 14.4 Å². The molecule has 0 heterocycles. The van der Waals surface area contributed by atoms with Gasteiger partial charge in [-0.2, -0.15) is 0 Å². The Morgan fingerprint density at radius 1 is 1.12 bits per heavy atom. The molecule has 0 bridgehead atoms. The average molecular weight is 450 g/mol. The molecule has 8 heteroatoms. The maximum atomic E-state index is 12.9. The van der Waals surface area contributed by atoms with Crippen LogP contribution in [0, 0.1) is 12.3 Å². The van der Waals surface area contributed by atoms with E-state index in [2.05, 4.69) is 11.2 Å².